The van der Waals surface area contributed by atoms with E-state index in [0.29, 0.717) is 5.39 Å². The Bertz CT molecular complexity index is 1550. The Morgan fingerprint density at radius 3 is 2.08 bits per heavy atom. The molecule has 2 aromatic heterocycles. The maximum atomic E-state index is 14.0. The summed E-state index contributed by atoms with van der Waals surface area (Å²) >= 11 is 0. The van der Waals surface area contributed by atoms with Crippen LogP contribution in [0.1, 0.15) is 113 Å². The van der Waals surface area contributed by atoms with Gasteiger partial charge in [0.25, 0.3) is 5.56 Å². The van der Waals surface area contributed by atoms with Crippen molar-refractivity contribution in [2.45, 2.75) is 96.8 Å². The number of benzene rings is 1. The van der Waals surface area contributed by atoms with Gasteiger partial charge in [-0.1, -0.05) is 59.8 Å². The summed E-state index contributed by atoms with van der Waals surface area (Å²) in [4.78, 5) is 22.3. The molecule has 0 bridgehead atoms. The van der Waals surface area contributed by atoms with Crippen LogP contribution in [-0.4, -0.2) is 23.0 Å². The number of fused-ring (bicyclic) bond motifs is 1. The molecule has 3 aromatic rings. The van der Waals surface area contributed by atoms with E-state index in [4.69, 9.17) is 4.18 Å². The van der Waals surface area contributed by atoms with Gasteiger partial charge >= 0.3 is 10.1 Å². The molecule has 4 rings (SSSR count). The number of nitrogens with zero attached hydrogens (tertiary/aromatic N) is 3. The molecule has 0 fully saturated rings. The Labute approximate surface area is 226 Å². The van der Waals surface area contributed by atoms with Gasteiger partial charge in [0.2, 0.25) is 5.88 Å². The summed E-state index contributed by atoms with van der Waals surface area (Å²) in [5.41, 5.74) is 4.19. The van der Waals surface area contributed by atoms with E-state index in [1.54, 1.807) is 24.6 Å². The van der Waals surface area contributed by atoms with E-state index in [-0.39, 0.29) is 45.4 Å². The van der Waals surface area contributed by atoms with Crippen molar-refractivity contribution in [1.82, 2.24) is 14.5 Å². The van der Waals surface area contributed by atoms with Crippen molar-refractivity contribution < 1.29 is 12.6 Å². The molecule has 0 radical (unpaired) electrons. The molecular weight excluding hydrogens is 498 g/mol. The molecule has 8 heteroatoms. The van der Waals surface area contributed by atoms with E-state index in [2.05, 4.69) is 29.9 Å². The third kappa shape index (κ3) is 5.28. The number of aromatic nitrogens is 3. The molecule has 0 atom stereocenters. The maximum Gasteiger partial charge on any atom is 0.341 e. The maximum absolute atomic E-state index is 14.0. The molecule has 1 aliphatic carbocycles. The molecule has 7 nitrogen and oxygen atoms in total. The Hall–Kier alpha value is -3.00. The average Bonchev–Trinajstić information content (AvgIpc) is 2.85. The number of rotatable bonds is 7. The first-order valence-corrected chi connectivity index (χ1v) is 14.9. The number of hydrogen-bond donors (Lipinski definition) is 0. The lowest BCUT2D eigenvalue weighted by molar-refractivity contribution is 0.474. The van der Waals surface area contributed by atoms with Crippen LogP contribution in [-0.2, 0) is 17.2 Å². The van der Waals surface area contributed by atoms with Crippen LogP contribution >= 0.6 is 0 Å². The molecule has 0 saturated heterocycles. The summed E-state index contributed by atoms with van der Waals surface area (Å²) in [6.45, 7) is 13.8. The molecule has 0 saturated carbocycles. The molecule has 0 amide bonds. The predicted octanol–water partition coefficient (Wildman–Crippen LogP) is 6.73. The lowest BCUT2D eigenvalue weighted by Gasteiger charge is -2.22. The minimum absolute atomic E-state index is 0.0411. The topological polar surface area (TPSA) is 91.1 Å². The standard InChI is InChI=1S/C30H39N3O4S/c1-17(2)22-14-23(18(3)4)28(24(15-22)19(5)6)38(35,36)37-29-25-16-26(21-12-10-9-11-13-21)33(8)30(34)27(25)31-20(7)32-29/h12,14-19H,9-11,13H2,1-8H3. The number of hydrogen-bond acceptors (Lipinski definition) is 6. The summed E-state index contributed by atoms with van der Waals surface area (Å²) in [5, 5.41) is 0.305. The zero-order chi connectivity index (χ0) is 27.9. The first-order valence-electron chi connectivity index (χ1n) is 13.5. The largest absolute Gasteiger partial charge is 0.357 e. The molecule has 2 heterocycles. The van der Waals surface area contributed by atoms with Crippen LogP contribution < -0.4 is 9.74 Å². The highest BCUT2D eigenvalue weighted by atomic mass is 32.2. The van der Waals surface area contributed by atoms with Crippen molar-refractivity contribution in [3.8, 4) is 5.88 Å². The van der Waals surface area contributed by atoms with E-state index >= 15 is 0 Å². The number of aryl methyl sites for hydroxylation is 1. The van der Waals surface area contributed by atoms with Crippen molar-refractivity contribution in [3.63, 3.8) is 0 Å². The van der Waals surface area contributed by atoms with Crippen LogP contribution in [0.15, 0.2) is 34.0 Å². The van der Waals surface area contributed by atoms with Crippen LogP contribution in [0.25, 0.3) is 16.5 Å². The summed E-state index contributed by atoms with van der Waals surface area (Å²) in [6, 6.07) is 5.75. The fourth-order valence-electron chi connectivity index (χ4n) is 5.12. The third-order valence-electron chi connectivity index (χ3n) is 7.31. The van der Waals surface area contributed by atoms with Gasteiger partial charge in [-0.2, -0.15) is 13.4 Å². The molecule has 0 aliphatic heterocycles. The lowest BCUT2D eigenvalue weighted by atomic mass is 9.89. The molecule has 1 aliphatic rings. The lowest BCUT2D eigenvalue weighted by Crippen LogP contribution is -2.23. The van der Waals surface area contributed by atoms with Crippen molar-refractivity contribution in [1.29, 1.82) is 0 Å². The Morgan fingerprint density at radius 2 is 1.55 bits per heavy atom. The second-order valence-corrected chi connectivity index (χ2v) is 12.7. The van der Waals surface area contributed by atoms with Gasteiger partial charge in [-0.25, -0.2) is 4.98 Å². The van der Waals surface area contributed by atoms with E-state index in [1.807, 2.05) is 39.8 Å². The highest BCUT2D eigenvalue weighted by Gasteiger charge is 2.30. The quantitative estimate of drug-likeness (QED) is 0.310. The highest BCUT2D eigenvalue weighted by Crippen LogP contribution is 2.37. The molecule has 38 heavy (non-hydrogen) atoms. The molecule has 0 spiro atoms. The van der Waals surface area contributed by atoms with Crippen LogP contribution in [0, 0.1) is 6.92 Å². The van der Waals surface area contributed by atoms with Gasteiger partial charge in [-0.15, -0.1) is 0 Å². The smallest absolute Gasteiger partial charge is 0.341 e. The van der Waals surface area contributed by atoms with E-state index < -0.39 is 10.1 Å². The summed E-state index contributed by atoms with van der Waals surface area (Å²) in [6.07, 6.45) is 6.12. The van der Waals surface area contributed by atoms with Gasteiger partial charge in [-0.05, 0) is 78.7 Å². The van der Waals surface area contributed by atoms with Gasteiger partial charge in [0, 0.05) is 12.7 Å². The Kier molecular flexibility index (Phi) is 7.84. The zero-order valence-corrected chi connectivity index (χ0v) is 24.6. The van der Waals surface area contributed by atoms with Crippen molar-refractivity contribution in [2.75, 3.05) is 0 Å². The summed E-state index contributed by atoms with van der Waals surface area (Å²) in [5.74, 6) is 0.328. The van der Waals surface area contributed by atoms with E-state index in [1.165, 1.54) is 0 Å². The minimum Gasteiger partial charge on any atom is -0.357 e. The van der Waals surface area contributed by atoms with Crippen LogP contribution in [0.4, 0.5) is 0 Å². The molecule has 0 N–H and O–H groups in total. The molecular formula is C30H39N3O4S. The van der Waals surface area contributed by atoms with Gasteiger partial charge in [0.05, 0.1) is 5.39 Å². The minimum atomic E-state index is -4.29. The summed E-state index contributed by atoms with van der Waals surface area (Å²) in [7, 11) is -2.57. The third-order valence-corrected chi connectivity index (χ3v) is 8.66. The van der Waals surface area contributed by atoms with Crippen LogP contribution in [0.2, 0.25) is 0 Å². The number of allylic oxidation sites excluding steroid dienone is 2. The monoisotopic (exact) mass is 537 g/mol. The SMILES string of the molecule is Cc1nc(OS(=O)(=O)c2c(C(C)C)cc(C(C)C)cc2C(C)C)c2cc(C3=CCCCC3)n(C)c(=O)c2n1. The van der Waals surface area contributed by atoms with Crippen molar-refractivity contribution >= 4 is 26.6 Å². The van der Waals surface area contributed by atoms with Gasteiger partial charge < -0.3 is 8.75 Å². The van der Waals surface area contributed by atoms with E-state index in [0.717, 1.165) is 53.6 Å². The van der Waals surface area contributed by atoms with Gasteiger partial charge in [0.1, 0.15) is 16.2 Å². The van der Waals surface area contributed by atoms with Crippen molar-refractivity contribution in [3.05, 3.63) is 62.8 Å². The molecule has 1 aromatic carbocycles. The highest BCUT2D eigenvalue weighted by molar-refractivity contribution is 7.87. The fraction of sp³-hybridized carbons (Fsp3) is 0.500. The number of pyridine rings is 1. The molecule has 0 unspecified atom stereocenters. The predicted molar refractivity (Wildman–Crippen MR) is 152 cm³/mol. The van der Waals surface area contributed by atoms with Crippen LogP contribution in [0.5, 0.6) is 5.88 Å². The van der Waals surface area contributed by atoms with Crippen molar-refractivity contribution in [2.24, 2.45) is 7.05 Å². The van der Waals surface area contributed by atoms with Gasteiger partial charge in [0.15, 0.2) is 0 Å². The van der Waals surface area contributed by atoms with E-state index in [9.17, 15) is 13.2 Å². The average molecular weight is 538 g/mol. The van der Waals surface area contributed by atoms with Crippen LogP contribution in [0.3, 0.4) is 0 Å². The fourth-order valence-corrected chi connectivity index (χ4v) is 6.70. The first kappa shape index (κ1) is 28.0. The second-order valence-electron chi connectivity index (χ2n) is 11.2. The zero-order valence-electron chi connectivity index (χ0n) is 23.8. The Balaban J connectivity index is 1.96. The Morgan fingerprint density at radius 1 is 0.921 bits per heavy atom. The summed E-state index contributed by atoms with van der Waals surface area (Å²) < 4.78 is 35.5. The first-order chi connectivity index (χ1) is 17.8. The molecule has 204 valence electrons. The second kappa shape index (κ2) is 10.6. The van der Waals surface area contributed by atoms with Gasteiger partial charge in [-0.3, -0.25) is 4.79 Å². The normalized spacial score (nSPS) is 14.6.